The van der Waals surface area contributed by atoms with E-state index in [0.717, 1.165) is 17.1 Å². The highest BCUT2D eigenvalue weighted by molar-refractivity contribution is 8.00. The maximum atomic E-state index is 12.9. The molecular formula is C21H23N8O5S2+. The fourth-order valence-corrected chi connectivity index (χ4v) is 5.47. The van der Waals surface area contributed by atoms with Gasteiger partial charge >= 0.3 is 5.97 Å². The number of allylic oxidation sites excluding steroid dienone is 2. The molecule has 2 atom stereocenters. The largest absolute Gasteiger partial charge is 0.477 e. The van der Waals surface area contributed by atoms with Gasteiger partial charge in [-0.1, -0.05) is 11.2 Å². The monoisotopic (exact) mass is 531 g/mol. The van der Waals surface area contributed by atoms with Gasteiger partial charge in [-0.15, -0.1) is 11.8 Å². The fourth-order valence-electron chi connectivity index (χ4n) is 3.71. The van der Waals surface area contributed by atoms with Crippen LogP contribution in [0.1, 0.15) is 11.4 Å². The number of hydrogen-bond donors (Lipinski definition) is 4. The van der Waals surface area contributed by atoms with Crippen LogP contribution in [-0.4, -0.2) is 67.1 Å². The van der Waals surface area contributed by atoms with E-state index in [2.05, 4.69) is 19.8 Å². The highest BCUT2D eigenvalue weighted by atomic mass is 32.2. The number of nitrogens with two attached hydrogens (primary N) is 2. The van der Waals surface area contributed by atoms with Crippen molar-refractivity contribution in [1.29, 1.82) is 0 Å². The number of oxime groups is 1. The number of carbonyl (C=O) groups excluding carboxylic acids is 2. The van der Waals surface area contributed by atoms with Crippen LogP contribution in [0, 0.1) is 0 Å². The average molecular weight is 532 g/mol. The first-order valence-electron chi connectivity index (χ1n) is 10.6. The van der Waals surface area contributed by atoms with Gasteiger partial charge in [-0.3, -0.25) is 14.5 Å². The van der Waals surface area contributed by atoms with Gasteiger partial charge in [0.15, 0.2) is 24.1 Å². The molecule has 0 radical (unpaired) electrons. The number of nitrogen functional groups attached to an aromatic ring is 1. The maximum absolute atomic E-state index is 12.9. The molecule has 4 rings (SSSR count). The zero-order valence-corrected chi connectivity index (χ0v) is 20.7. The number of nitrogens with one attached hydrogen (secondary N) is 1. The molecule has 188 valence electrons. The summed E-state index contributed by atoms with van der Waals surface area (Å²) in [7, 11) is 1.25. The highest BCUT2D eigenvalue weighted by Crippen LogP contribution is 2.40. The second-order valence-electron chi connectivity index (χ2n) is 7.63. The molecular weight excluding hydrogens is 508 g/mol. The number of carbonyl (C=O) groups is 3. The number of β-lactam (4-membered cyclic amide) rings is 1. The second kappa shape index (κ2) is 10.8. The lowest BCUT2D eigenvalue weighted by atomic mass is 10.0. The summed E-state index contributed by atoms with van der Waals surface area (Å²) in [5, 5.41) is 15.6. The Bertz CT molecular complexity index is 1290. The third-order valence-electron chi connectivity index (χ3n) is 5.33. The molecule has 0 spiro atoms. The SMILES string of the molecule is CON=C(C(=O)NC1C(=O)N2C(C(=O)O)=C(C=CC[n+]3cccc(CN)c3)CS[C@H]12)c1nsc(N)n1. The minimum absolute atomic E-state index is 0.0369. The highest BCUT2D eigenvalue weighted by Gasteiger charge is 2.54. The Hall–Kier alpha value is -3.82. The molecule has 1 saturated heterocycles. The number of anilines is 1. The van der Waals surface area contributed by atoms with E-state index >= 15 is 0 Å². The van der Waals surface area contributed by atoms with E-state index in [1.165, 1.54) is 23.8 Å². The lowest BCUT2D eigenvalue weighted by Gasteiger charge is -2.49. The number of rotatable bonds is 9. The maximum Gasteiger partial charge on any atom is 0.352 e. The second-order valence-corrected chi connectivity index (χ2v) is 9.52. The van der Waals surface area contributed by atoms with Crippen LogP contribution in [0.15, 0.2) is 53.1 Å². The molecule has 4 heterocycles. The Labute approximate surface area is 213 Å². The van der Waals surface area contributed by atoms with Crippen LogP contribution in [0.4, 0.5) is 5.13 Å². The van der Waals surface area contributed by atoms with Crippen molar-refractivity contribution in [3.63, 3.8) is 0 Å². The van der Waals surface area contributed by atoms with E-state index < -0.39 is 29.2 Å². The summed E-state index contributed by atoms with van der Waals surface area (Å²) in [6.45, 7) is 0.917. The molecule has 2 aliphatic rings. The van der Waals surface area contributed by atoms with Crippen molar-refractivity contribution in [3.8, 4) is 0 Å². The molecule has 2 aromatic rings. The Morgan fingerprint density at radius 1 is 1.47 bits per heavy atom. The summed E-state index contributed by atoms with van der Waals surface area (Å²) >= 11 is 2.23. The molecule has 2 aromatic heterocycles. The van der Waals surface area contributed by atoms with Gasteiger partial charge in [-0.25, -0.2) is 9.36 Å². The number of carboxylic acid groups (broad SMARTS) is 1. The van der Waals surface area contributed by atoms with E-state index in [9.17, 15) is 19.5 Å². The molecule has 36 heavy (non-hydrogen) atoms. The number of fused-ring (bicyclic) bond motifs is 1. The quantitative estimate of drug-likeness (QED) is 0.138. The Balaban J connectivity index is 1.48. The van der Waals surface area contributed by atoms with Crippen LogP contribution in [0.25, 0.3) is 0 Å². The minimum atomic E-state index is -1.22. The van der Waals surface area contributed by atoms with Gasteiger partial charge < -0.3 is 26.7 Å². The number of hydrogen-bond acceptors (Lipinski definition) is 11. The first-order chi connectivity index (χ1) is 17.3. The van der Waals surface area contributed by atoms with Crippen molar-refractivity contribution in [2.24, 2.45) is 10.9 Å². The smallest absolute Gasteiger partial charge is 0.352 e. The molecule has 6 N–H and O–H groups in total. The van der Waals surface area contributed by atoms with E-state index in [4.69, 9.17) is 16.3 Å². The summed E-state index contributed by atoms with van der Waals surface area (Å²) in [6, 6.07) is 2.85. The Kier molecular flexibility index (Phi) is 7.61. The number of aromatic nitrogens is 3. The number of nitrogens with zero attached hydrogens (tertiary/aromatic N) is 5. The zero-order chi connectivity index (χ0) is 25.8. The van der Waals surface area contributed by atoms with Crippen molar-refractivity contribution >= 4 is 51.9 Å². The molecule has 2 aliphatic heterocycles. The van der Waals surface area contributed by atoms with Gasteiger partial charge in [-0.05, 0) is 17.7 Å². The molecule has 13 nitrogen and oxygen atoms in total. The summed E-state index contributed by atoms with van der Waals surface area (Å²) in [5.74, 6) is -2.20. The van der Waals surface area contributed by atoms with E-state index in [-0.39, 0.29) is 22.4 Å². The minimum Gasteiger partial charge on any atom is -0.477 e. The molecule has 0 saturated carbocycles. The zero-order valence-electron chi connectivity index (χ0n) is 19.0. The van der Waals surface area contributed by atoms with Crippen molar-refractivity contribution < 1.29 is 28.9 Å². The van der Waals surface area contributed by atoms with Gasteiger partial charge in [0.05, 0.1) is 0 Å². The number of carboxylic acids is 1. The van der Waals surface area contributed by atoms with Crippen LogP contribution >= 0.6 is 23.3 Å². The van der Waals surface area contributed by atoms with Crippen molar-refractivity contribution in [3.05, 3.63) is 59.3 Å². The van der Waals surface area contributed by atoms with Gasteiger partial charge in [0.2, 0.25) is 11.5 Å². The lowest BCUT2D eigenvalue weighted by Crippen LogP contribution is -2.71. The Morgan fingerprint density at radius 3 is 2.94 bits per heavy atom. The van der Waals surface area contributed by atoms with Gasteiger partial charge in [-0.2, -0.15) is 9.36 Å². The lowest BCUT2D eigenvalue weighted by molar-refractivity contribution is -0.687. The summed E-state index contributed by atoms with van der Waals surface area (Å²) < 4.78 is 5.86. The first kappa shape index (κ1) is 25.3. The third-order valence-corrected chi connectivity index (χ3v) is 7.17. The van der Waals surface area contributed by atoms with E-state index in [0.29, 0.717) is 24.4 Å². The molecule has 0 aromatic carbocycles. The van der Waals surface area contributed by atoms with Crippen LogP contribution in [0.2, 0.25) is 0 Å². The van der Waals surface area contributed by atoms with Gasteiger partial charge in [0, 0.05) is 35.5 Å². The van der Waals surface area contributed by atoms with Crippen LogP contribution in [0.5, 0.6) is 0 Å². The van der Waals surface area contributed by atoms with Crippen molar-refractivity contribution in [2.75, 3.05) is 18.6 Å². The topological polar surface area (TPSA) is 190 Å². The predicted octanol–water partition coefficient (Wildman–Crippen LogP) is -0.788. The average Bonchev–Trinajstić information content (AvgIpc) is 3.30. The number of pyridine rings is 1. The summed E-state index contributed by atoms with van der Waals surface area (Å²) in [5.41, 5.74) is 12.4. The Morgan fingerprint density at radius 2 is 2.28 bits per heavy atom. The molecule has 1 unspecified atom stereocenters. The predicted molar refractivity (Wildman–Crippen MR) is 131 cm³/mol. The van der Waals surface area contributed by atoms with Gasteiger partial charge in [0.25, 0.3) is 11.8 Å². The van der Waals surface area contributed by atoms with Crippen molar-refractivity contribution in [2.45, 2.75) is 24.5 Å². The third kappa shape index (κ3) is 5.07. The summed E-state index contributed by atoms with van der Waals surface area (Å²) in [6.07, 6.45) is 7.31. The standard InChI is InChI=1S/C21H22N8O5S2/c1-34-26-13(16-25-21(23)36-27-16)17(30)24-14-18(31)29-15(20(32)33)12(10-35-19(14)29)5-3-7-28-6-2-4-11(8-22)9-28/h2-6,9,14,19H,7-8,10,22H2,1H3,(H3-,23,24,25,27,30,32,33)/p+1/t14?,19-/m1/s1. The molecule has 0 aliphatic carbocycles. The van der Waals surface area contributed by atoms with E-state index in [1.807, 2.05) is 35.2 Å². The van der Waals surface area contributed by atoms with Gasteiger partial charge in [0.1, 0.15) is 24.2 Å². The van der Waals surface area contributed by atoms with E-state index in [1.54, 1.807) is 6.08 Å². The van der Waals surface area contributed by atoms with Crippen LogP contribution in [0.3, 0.4) is 0 Å². The number of aliphatic carboxylic acids is 1. The molecule has 2 amide bonds. The number of thioether (sulfide) groups is 1. The normalized spacial score (nSPS) is 19.8. The fraction of sp³-hybridized carbons (Fsp3) is 0.286. The first-order valence-corrected chi connectivity index (χ1v) is 12.4. The number of amides is 2. The molecule has 15 heteroatoms. The van der Waals surface area contributed by atoms with Crippen LogP contribution in [-0.2, 0) is 32.3 Å². The van der Waals surface area contributed by atoms with Crippen molar-refractivity contribution in [1.82, 2.24) is 19.6 Å². The van der Waals surface area contributed by atoms with Crippen LogP contribution < -0.4 is 21.4 Å². The summed E-state index contributed by atoms with van der Waals surface area (Å²) in [4.78, 5) is 47.6. The molecule has 0 bridgehead atoms. The molecule has 1 fully saturated rings.